The lowest BCUT2D eigenvalue weighted by atomic mass is 9.50. The zero-order valence-electron chi connectivity index (χ0n) is 18.7. The van der Waals surface area contributed by atoms with E-state index in [1.165, 1.54) is 6.07 Å². The van der Waals surface area contributed by atoms with E-state index in [1.807, 2.05) is 0 Å². The van der Waals surface area contributed by atoms with E-state index in [9.17, 15) is 39.3 Å². The Morgan fingerprint density at radius 2 is 1.91 bits per heavy atom. The van der Waals surface area contributed by atoms with Crippen LogP contribution in [0, 0.1) is 23.7 Å². The number of primary amides is 1. The average molecular weight is 522 g/mol. The molecule has 10 nitrogen and oxygen atoms in total. The molecule has 2 saturated carbocycles. The summed E-state index contributed by atoms with van der Waals surface area (Å²) >= 11 is 5.99. The summed E-state index contributed by atoms with van der Waals surface area (Å²) in [5.74, 6) is -13.2. The van der Waals surface area contributed by atoms with Gasteiger partial charge in [0.1, 0.15) is 5.75 Å². The van der Waals surface area contributed by atoms with Gasteiger partial charge in [-0.15, -0.1) is 0 Å². The van der Waals surface area contributed by atoms with Gasteiger partial charge in [0.25, 0.3) is 0 Å². The first-order valence-corrected chi connectivity index (χ1v) is 12.2. The van der Waals surface area contributed by atoms with Crippen LogP contribution < -0.4 is 5.73 Å². The van der Waals surface area contributed by atoms with Gasteiger partial charge in [0.2, 0.25) is 10.3 Å². The summed E-state index contributed by atoms with van der Waals surface area (Å²) in [6, 6.07) is 3.11. The fourth-order valence-corrected chi connectivity index (χ4v) is 6.73. The highest BCUT2D eigenvalue weighted by molar-refractivity contribution is 8.22. The molecule has 1 aromatic carbocycles. The van der Waals surface area contributed by atoms with Crippen molar-refractivity contribution in [3.05, 3.63) is 23.3 Å². The SMILES string of the molecule is CCOC(=S)Sc1ccc2c(c1O)C(=O)C1C(=O)[C@]3(O)C(=O)C(C(N)=O)C(=O)C[C@@H]3[C@H](O)[C@@H]1[C@H]2C. The Hall–Kier alpha value is -2.67. The number of carbonyl (C=O) groups excluding carboxylic acids is 5. The third-order valence-electron chi connectivity index (χ3n) is 7.28. The predicted octanol–water partition coefficient (Wildman–Crippen LogP) is 0.272. The second-order valence-electron chi connectivity index (χ2n) is 8.97. The van der Waals surface area contributed by atoms with Crippen molar-refractivity contribution in [1.82, 2.24) is 0 Å². The number of aromatic hydroxyl groups is 1. The molecule has 2 unspecified atom stereocenters. The van der Waals surface area contributed by atoms with E-state index in [1.54, 1.807) is 19.9 Å². The second kappa shape index (κ2) is 8.77. The highest BCUT2D eigenvalue weighted by atomic mass is 32.2. The van der Waals surface area contributed by atoms with E-state index >= 15 is 0 Å². The van der Waals surface area contributed by atoms with E-state index in [2.05, 4.69) is 0 Å². The minimum Gasteiger partial charge on any atom is -0.506 e. The van der Waals surface area contributed by atoms with Crippen molar-refractivity contribution in [3.8, 4) is 5.75 Å². The Balaban J connectivity index is 1.82. The number of aliphatic hydroxyl groups excluding tert-OH is 1. The summed E-state index contributed by atoms with van der Waals surface area (Å²) in [5.41, 5.74) is 2.40. The molecule has 0 bridgehead atoms. The van der Waals surface area contributed by atoms with Crippen LogP contribution in [0.25, 0.3) is 0 Å². The van der Waals surface area contributed by atoms with Gasteiger partial charge < -0.3 is 25.8 Å². The highest BCUT2D eigenvalue weighted by Gasteiger charge is 2.69. The molecule has 186 valence electrons. The third-order valence-corrected chi connectivity index (χ3v) is 8.48. The molecular weight excluding hydrogens is 498 g/mol. The zero-order chi connectivity index (χ0) is 26.0. The van der Waals surface area contributed by atoms with E-state index < -0.39 is 82.5 Å². The zero-order valence-corrected chi connectivity index (χ0v) is 20.4. The minimum absolute atomic E-state index is 0.105. The van der Waals surface area contributed by atoms with Crippen LogP contribution in [-0.4, -0.2) is 67.1 Å². The lowest BCUT2D eigenvalue weighted by molar-refractivity contribution is -0.189. The number of ketones is 4. The van der Waals surface area contributed by atoms with E-state index in [0.29, 0.717) is 12.2 Å². The first kappa shape index (κ1) is 25.4. The van der Waals surface area contributed by atoms with Gasteiger partial charge in [0.05, 0.1) is 29.1 Å². The quantitative estimate of drug-likeness (QED) is 0.243. The Labute approximate surface area is 209 Å². The molecule has 5 N–H and O–H groups in total. The molecule has 1 aromatic rings. The molecule has 1 amide bonds. The van der Waals surface area contributed by atoms with E-state index in [4.69, 9.17) is 22.7 Å². The van der Waals surface area contributed by atoms with Crippen molar-refractivity contribution >= 4 is 57.4 Å². The van der Waals surface area contributed by atoms with Crippen molar-refractivity contribution in [2.45, 2.75) is 42.8 Å². The van der Waals surface area contributed by atoms with Crippen LogP contribution in [0.5, 0.6) is 5.75 Å². The third kappa shape index (κ3) is 3.53. The van der Waals surface area contributed by atoms with Crippen molar-refractivity contribution < 1.29 is 44.0 Å². The van der Waals surface area contributed by atoms with Gasteiger partial charge in [-0.05, 0) is 48.5 Å². The van der Waals surface area contributed by atoms with Crippen LogP contribution in [0.4, 0.5) is 0 Å². The minimum atomic E-state index is -2.94. The molecule has 0 aliphatic heterocycles. The molecule has 0 aromatic heterocycles. The maximum Gasteiger partial charge on any atom is 0.235 e. The van der Waals surface area contributed by atoms with Crippen molar-refractivity contribution in [2.75, 3.05) is 6.61 Å². The average Bonchev–Trinajstić information content (AvgIpc) is 2.78. The van der Waals surface area contributed by atoms with Crippen LogP contribution >= 0.6 is 24.0 Å². The van der Waals surface area contributed by atoms with Crippen molar-refractivity contribution in [1.29, 1.82) is 0 Å². The topological polar surface area (TPSA) is 181 Å². The predicted molar refractivity (Wildman–Crippen MR) is 125 cm³/mol. The van der Waals surface area contributed by atoms with Crippen LogP contribution in [0.3, 0.4) is 0 Å². The van der Waals surface area contributed by atoms with Crippen molar-refractivity contribution in [2.24, 2.45) is 29.4 Å². The molecule has 0 saturated heterocycles. The number of fused-ring (bicyclic) bond motifs is 3. The van der Waals surface area contributed by atoms with Gasteiger partial charge in [-0.25, -0.2) is 0 Å². The standard InChI is InChI=1S/C23H23NO9S2/c1-3-33-22(34)35-11-5-4-8-7(2)12-15(18(28)13(8)17(11)27)20(30)23(32)9(16(12)26)6-10(25)14(19(23)29)21(24)31/h4-5,7,9,12,14-16,26-27,32H,3,6H2,1-2H3,(H2,24,31)/t7-,9+,12+,14?,15?,16-,23+/m0/s1. The number of phenolic OH excluding ortho intramolecular Hbond substituents is 1. The van der Waals surface area contributed by atoms with E-state index in [0.717, 1.165) is 11.8 Å². The monoisotopic (exact) mass is 521 g/mol. The summed E-state index contributed by atoms with van der Waals surface area (Å²) in [7, 11) is 0. The van der Waals surface area contributed by atoms with Gasteiger partial charge in [-0.1, -0.05) is 13.0 Å². The second-order valence-corrected chi connectivity index (χ2v) is 10.6. The lowest BCUT2D eigenvalue weighted by Crippen LogP contribution is -2.72. The summed E-state index contributed by atoms with van der Waals surface area (Å²) in [5, 5.41) is 33.3. The number of carbonyl (C=O) groups is 5. The molecule has 0 radical (unpaired) electrons. The fourth-order valence-electron chi connectivity index (χ4n) is 5.66. The number of Topliss-reactive ketones (excluding diaryl/α,β-unsaturated/α-hetero) is 4. The van der Waals surface area contributed by atoms with E-state index in [-0.39, 0.29) is 14.8 Å². The number of thioether (sulfide) groups is 1. The first-order chi connectivity index (χ1) is 16.4. The maximum atomic E-state index is 13.6. The Morgan fingerprint density at radius 3 is 2.51 bits per heavy atom. The molecular formula is C23H23NO9S2. The number of phenols is 1. The number of ether oxygens (including phenoxy) is 1. The summed E-state index contributed by atoms with van der Waals surface area (Å²) in [4.78, 5) is 64.6. The largest absolute Gasteiger partial charge is 0.506 e. The number of aliphatic hydroxyl groups is 2. The number of hydrogen-bond donors (Lipinski definition) is 4. The molecule has 35 heavy (non-hydrogen) atoms. The molecule has 0 spiro atoms. The summed E-state index contributed by atoms with van der Waals surface area (Å²) < 4.78 is 5.31. The number of rotatable bonds is 3. The van der Waals surface area contributed by atoms with Crippen LogP contribution in [0.1, 0.15) is 42.1 Å². The van der Waals surface area contributed by atoms with Gasteiger partial charge in [-0.2, -0.15) is 0 Å². The molecule has 4 rings (SSSR count). The van der Waals surface area contributed by atoms with Gasteiger partial charge in [0.15, 0.2) is 34.7 Å². The summed E-state index contributed by atoms with van der Waals surface area (Å²) in [6.07, 6.45) is -2.23. The Kier molecular flexibility index (Phi) is 6.37. The lowest BCUT2D eigenvalue weighted by Gasteiger charge is -2.52. The number of thiocarbonyl (C=S) groups is 1. The van der Waals surface area contributed by atoms with Crippen LogP contribution in [0.15, 0.2) is 17.0 Å². The molecule has 3 aliphatic carbocycles. The smallest absolute Gasteiger partial charge is 0.235 e. The van der Waals surface area contributed by atoms with Gasteiger partial charge in [0, 0.05) is 18.3 Å². The first-order valence-electron chi connectivity index (χ1n) is 10.9. The fraction of sp³-hybridized carbons (Fsp3) is 0.478. The molecule has 3 aliphatic rings. The number of benzene rings is 1. The molecule has 0 heterocycles. The van der Waals surface area contributed by atoms with Crippen LogP contribution in [0.2, 0.25) is 0 Å². The summed E-state index contributed by atoms with van der Waals surface area (Å²) in [6.45, 7) is 3.66. The molecule has 7 atom stereocenters. The molecule has 12 heteroatoms. The number of amides is 1. The van der Waals surface area contributed by atoms with Crippen LogP contribution in [-0.2, 0) is 23.9 Å². The van der Waals surface area contributed by atoms with Gasteiger partial charge in [-0.3, -0.25) is 24.0 Å². The molecule has 2 fully saturated rings. The highest BCUT2D eigenvalue weighted by Crippen LogP contribution is 2.54. The normalized spacial score (nSPS) is 34.1. The maximum absolute atomic E-state index is 13.6. The number of nitrogens with two attached hydrogens (primary N) is 1. The Bertz CT molecular complexity index is 1200. The Morgan fingerprint density at radius 1 is 1.26 bits per heavy atom. The number of hydrogen-bond acceptors (Lipinski definition) is 11. The van der Waals surface area contributed by atoms with Gasteiger partial charge >= 0.3 is 0 Å². The van der Waals surface area contributed by atoms with Crippen molar-refractivity contribution in [3.63, 3.8) is 0 Å².